The maximum Gasteiger partial charge on any atom is 0.227 e. The van der Waals surface area contributed by atoms with Crippen LogP contribution in [0.4, 0.5) is 11.6 Å². The molecule has 0 saturated carbocycles. The molecule has 0 aliphatic heterocycles. The molecule has 0 bridgehead atoms. The van der Waals surface area contributed by atoms with Crippen LogP contribution in [0.25, 0.3) is 22.2 Å². The van der Waals surface area contributed by atoms with Gasteiger partial charge < -0.3 is 10.3 Å². The van der Waals surface area contributed by atoms with Crippen molar-refractivity contribution in [2.24, 2.45) is 0 Å². The summed E-state index contributed by atoms with van der Waals surface area (Å²) in [7, 11) is 0. The van der Waals surface area contributed by atoms with Crippen LogP contribution in [-0.4, -0.2) is 24.7 Å². The summed E-state index contributed by atoms with van der Waals surface area (Å²) >= 11 is 0. The van der Waals surface area contributed by atoms with Crippen LogP contribution in [0.15, 0.2) is 49.1 Å². The Bertz CT molecular complexity index is 1030. The van der Waals surface area contributed by atoms with E-state index in [2.05, 4.69) is 40.3 Å². The molecule has 4 aromatic rings. The lowest BCUT2D eigenvalue weighted by Crippen LogP contribution is -2.01. The second-order valence-corrected chi connectivity index (χ2v) is 6.43. The average Bonchev–Trinajstić information content (AvgIpc) is 3.25. The second kappa shape index (κ2) is 6.05. The van der Waals surface area contributed by atoms with Gasteiger partial charge in [-0.3, -0.25) is 4.68 Å². The highest BCUT2D eigenvalue weighted by Gasteiger charge is 2.10. The average molecular weight is 332 g/mol. The Morgan fingerprint density at radius 3 is 2.84 bits per heavy atom. The smallest absolute Gasteiger partial charge is 0.227 e. The van der Waals surface area contributed by atoms with E-state index in [4.69, 9.17) is 4.98 Å². The second-order valence-electron chi connectivity index (χ2n) is 6.43. The lowest BCUT2D eigenvalue weighted by atomic mass is 10.1. The molecule has 0 spiro atoms. The third-order valence-corrected chi connectivity index (χ3v) is 4.19. The molecule has 6 heteroatoms. The summed E-state index contributed by atoms with van der Waals surface area (Å²) in [4.78, 5) is 12.3. The van der Waals surface area contributed by atoms with Gasteiger partial charge in [-0.2, -0.15) is 5.10 Å². The molecule has 0 atom stereocenters. The zero-order chi connectivity index (χ0) is 17.4. The molecule has 25 heavy (non-hydrogen) atoms. The Morgan fingerprint density at radius 2 is 2.04 bits per heavy atom. The van der Waals surface area contributed by atoms with Gasteiger partial charge in [-0.15, -0.1) is 0 Å². The number of nitrogens with one attached hydrogen (secondary N) is 2. The predicted molar refractivity (Wildman–Crippen MR) is 100.0 cm³/mol. The molecule has 0 unspecified atom stereocenters. The molecule has 0 fully saturated rings. The molecule has 0 saturated heterocycles. The van der Waals surface area contributed by atoms with E-state index in [9.17, 15) is 0 Å². The number of benzene rings is 1. The molecule has 2 N–H and O–H groups in total. The first-order chi connectivity index (χ1) is 12.1. The van der Waals surface area contributed by atoms with E-state index in [0.717, 1.165) is 33.4 Å². The molecular formula is C19H20N6. The molecule has 3 aromatic heterocycles. The highest BCUT2D eigenvalue weighted by molar-refractivity contribution is 5.83. The molecule has 1 aromatic carbocycles. The number of aryl methyl sites for hydroxylation is 1. The van der Waals surface area contributed by atoms with Gasteiger partial charge >= 0.3 is 0 Å². The van der Waals surface area contributed by atoms with Gasteiger partial charge in [0.05, 0.1) is 11.9 Å². The van der Waals surface area contributed by atoms with Crippen molar-refractivity contribution in [2.45, 2.75) is 26.8 Å². The van der Waals surface area contributed by atoms with Crippen molar-refractivity contribution in [1.82, 2.24) is 24.7 Å². The first-order valence-corrected chi connectivity index (χ1v) is 8.32. The number of aromatic nitrogens is 5. The van der Waals surface area contributed by atoms with Gasteiger partial charge in [-0.05, 0) is 50.6 Å². The van der Waals surface area contributed by atoms with E-state index in [1.165, 1.54) is 0 Å². The van der Waals surface area contributed by atoms with Crippen molar-refractivity contribution in [3.05, 3.63) is 54.6 Å². The maximum atomic E-state index is 4.69. The van der Waals surface area contributed by atoms with Crippen LogP contribution in [0.2, 0.25) is 0 Å². The van der Waals surface area contributed by atoms with E-state index in [1.54, 1.807) is 0 Å². The third-order valence-electron chi connectivity index (χ3n) is 4.19. The number of hydrogen-bond donors (Lipinski definition) is 2. The number of nitrogens with zero attached hydrogens (tertiary/aromatic N) is 4. The predicted octanol–water partition coefficient (Wildman–Crippen LogP) is 4.45. The van der Waals surface area contributed by atoms with E-state index >= 15 is 0 Å². The zero-order valence-electron chi connectivity index (χ0n) is 14.5. The van der Waals surface area contributed by atoms with Crippen molar-refractivity contribution in [1.29, 1.82) is 0 Å². The van der Waals surface area contributed by atoms with E-state index < -0.39 is 0 Å². The third kappa shape index (κ3) is 2.98. The first-order valence-electron chi connectivity index (χ1n) is 8.32. The van der Waals surface area contributed by atoms with Gasteiger partial charge in [0.1, 0.15) is 0 Å². The van der Waals surface area contributed by atoms with Crippen LogP contribution < -0.4 is 5.32 Å². The SMILES string of the molecule is Cc1cnc(Nc2ccc3[nH]ccc3c2)nc1-c1cnn(C(C)C)c1. The Morgan fingerprint density at radius 1 is 1.16 bits per heavy atom. The van der Waals surface area contributed by atoms with E-state index in [1.807, 2.05) is 54.6 Å². The Kier molecular flexibility index (Phi) is 3.72. The summed E-state index contributed by atoms with van der Waals surface area (Å²) in [6, 6.07) is 8.49. The van der Waals surface area contributed by atoms with Gasteiger partial charge in [0.2, 0.25) is 5.95 Å². The summed E-state index contributed by atoms with van der Waals surface area (Å²) in [6.07, 6.45) is 7.65. The molecule has 4 rings (SSSR count). The number of rotatable bonds is 4. The summed E-state index contributed by atoms with van der Waals surface area (Å²) in [5, 5.41) is 8.85. The fourth-order valence-corrected chi connectivity index (χ4v) is 2.80. The Labute approximate surface area is 145 Å². The normalized spacial score (nSPS) is 11.4. The van der Waals surface area contributed by atoms with Crippen LogP contribution in [0, 0.1) is 6.92 Å². The van der Waals surface area contributed by atoms with Crippen molar-refractivity contribution >= 4 is 22.5 Å². The summed E-state index contributed by atoms with van der Waals surface area (Å²) < 4.78 is 1.93. The fourth-order valence-electron chi connectivity index (χ4n) is 2.80. The van der Waals surface area contributed by atoms with Gasteiger partial charge in [-0.25, -0.2) is 9.97 Å². The van der Waals surface area contributed by atoms with Crippen LogP contribution in [0.1, 0.15) is 25.5 Å². The summed E-state index contributed by atoms with van der Waals surface area (Å²) in [5.74, 6) is 0.577. The maximum absolute atomic E-state index is 4.69. The van der Waals surface area contributed by atoms with Crippen molar-refractivity contribution < 1.29 is 0 Å². The lowest BCUT2D eigenvalue weighted by Gasteiger charge is -2.08. The number of aromatic amines is 1. The molecule has 0 aliphatic carbocycles. The minimum atomic E-state index is 0.321. The highest BCUT2D eigenvalue weighted by Crippen LogP contribution is 2.24. The van der Waals surface area contributed by atoms with Crippen LogP contribution in [0.3, 0.4) is 0 Å². The Hall–Kier alpha value is -3.15. The van der Waals surface area contributed by atoms with Gasteiger partial charge in [0, 0.05) is 46.8 Å². The zero-order valence-corrected chi connectivity index (χ0v) is 14.5. The number of H-pyrrole nitrogens is 1. The van der Waals surface area contributed by atoms with Gasteiger partial charge in [-0.1, -0.05) is 0 Å². The monoisotopic (exact) mass is 332 g/mol. The number of fused-ring (bicyclic) bond motifs is 1. The fraction of sp³-hybridized carbons (Fsp3) is 0.211. The van der Waals surface area contributed by atoms with Crippen molar-refractivity contribution in [2.75, 3.05) is 5.32 Å². The number of anilines is 2. The minimum absolute atomic E-state index is 0.321. The molecule has 3 heterocycles. The van der Waals surface area contributed by atoms with Crippen molar-refractivity contribution in [3.63, 3.8) is 0 Å². The number of hydrogen-bond acceptors (Lipinski definition) is 4. The van der Waals surface area contributed by atoms with Crippen LogP contribution in [0.5, 0.6) is 0 Å². The van der Waals surface area contributed by atoms with Gasteiger partial charge in [0.15, 0.2) is 0 Å². The highest BCUT2D eigenvalue weighted by atomic mass is 15.3. The lowest BCUT2D eigenvalue weighted by molar-refractivity contribution is 0.532. The molecule has 6 nitrogen and oxygen atoms in total. The van der Waals surface area contributed by atoms with Crippen molar-refractivity contribution in [3.8, 4) is 11.3 Å². The molecular weight excluding hydrogens is 312 g/mol. The molecule has 0 amide bonds. The van der Waals surface area contributed by atoms with Crippen LogP contribution in [-0.2, 0) is 0 Å². The van der Waals surface area contributed by atoms with E-state index in [0.29, 0.717) is 12.0 Å². The Balaban J connectivity index is 1.66. The quantitative estimate of drug-likeness (QED) is 0.579. The van der Waals surface area contributed by atoms with E-state index in [-0.39, 0.29) is 0 Å². The molecule has 126 valence electrons. The summed E-state index contributed by atoms with van der Waals surface area (Å²) in [6.45, 7) is 6.22. The van der Waals surface area contributed by atoms with Crippen LogP contribution >= 0.6 is 0 Å². The minimum Gasteiger partial charge on any atom is -0.361 e. The first kappa shape index (κ1) is 15.4. The van der Waals surface area contributed by atoms with Gasteiger partial charge in [0.25, 0.3) is 0 Å². The largest absolute Gasteiger partial charge is 0.361 e. The summed E-state index contributed by atoms with van der Waals surface area (Å²) in [5.41, 5.74) is 4.98. The topological polar surface area (TPSA) is 71.4 Å². The standard InChI is InChI=1S/C19H20N6/c1-12(2)25-11-15(10-22-25)18-13(3)9-21-19(24-18)23-16-4-5-17-14(8-16)6-7-20-17/h4-12,20H,1-3H3,(H,21,23,24). The molecule has 0 radical (unpaired) electrons. The molecule has 0 aliphatic rings.